The van der Waals surface area contributed by atoms with Crippen LogP contribution in [0.4, 0.5) is 13.2 Å². The number of hydrogen-bond acceptors (Lipinski definition) is 3. The number of H-pyrrole nitrogens is 1. The largest absolute Gasteiger partial charge is 0.481 e. The molecule has 1 heterocycles. The molecule has 0 saturated heterocycles. The van der Waals surface area contributed by atoms with E-state index in [1.165, 1.54) is 0 Å². The first-order chi connectivity index (χ1) is 13.6. The molecule has 0 bridgehead atoms. The first-order valence-corrected chi connectivity index (χ1v) is 8.80. The molecule has 0 spiro atoms. The van der Waals surface area contributed by atoms with Gasteiger partial charge in [-0.05, 0) is 42.3 Å². The highest BCUT2D eigenvalue weighted by Crippen LogP contribution is 2.37. The summed E-state index contributed by atoms with van der Waals surface area (Å²) in [5, 5.41) is 9.60. The summed E-state index contributed by atoms with van der Waals surface area (Å²) in [6.45, 7) is 0.769. The van der Waals surface area contributed by atoms with Gasteiger partial charge in [-0.15, -0.1) is 0 Å². The van der Waals surface area contributed by atoms with E-state index in [-0.39, 0.29) is 23.1 Å². The number of fused-ring (bicyclic) bond motifs is 1. The second kappa shape index (κ2) is 7.79. The van der Waals surface area contributed by atoms with Gasteiger partial charge in [-0.3, -0.25) is 4.79 Å². The molecular formula is C20H15ClF3NO4. The molecule has 0 atom stereocenters. The zero-order valence-corrected chi connectivity index (χ0v) is 15.8. The molecule has 9 heteroatoms. The number of rotatable bonds is 5. The van der Waals surface area contributed by atoms with Gasteiger partial charge in [-0.25, -0.2) is 4.79 Å². The van der Waals surface area contributed by atoms with Crippen LogP contribution >= 0.6 is 11.6 Å². The minimum Gasteiger partial charge on any atom is -0.481 e. The monoisotopic (exact) mass is 425 g/mol. The lowest BCUT2D eigenvalue weighted by molar-refractivity contribution is -0.139. The van der Waals surface area contributed by atoms with Crippen molar-refractivity contribution in [2.45, 2.75) is 19.5 Å². The smallest absolute Gasteiger partial charge is 0.416 e. The van der Waals surface area contributed by atoms with Crippen molar-refractivity contribution >= 4 is 28.5 Å². The number of aryl methyl sites for hydroxylation is 1. The second-order valence-corrected chi connectivity index (χ2v) is 6.87. The molecule has 5 nitrogen and oxygen atoms in total. The fraction of sp³-hybridized carbons (Fsp3) is 0.200. The summed E-state index contributed by atoms with van der Waals surface area (Å²) in [6, 6.07) is 8.35. The number of carboxylic acids is 1. The molecule has 29 heavy (non-hydrogen) atoms. The molecule has 0 radical (unpaired) electrons. The Morgan fingerprint density at radius 2 is 1.86 bits per heavy atom. The number of aromatic nitrogens is 1. The maximum absolute atomic E-state index is 13.2. The molecule has 0 fully saturated rings. The number of aliphatic carboxylic acids is 1. The Bertz CT molecular complexity index is 1140. The first kappa shape index (κ1) is 20.7. The third-order valence-corrected chi connectivity index (χ3v) is 4.68. The highest BCUT2D eigenvalue weighted by atomic mass is 35.5. The van der Waals surface area contributed by atoms with Crippen molar-refractivity contribution in [3.8, 4) is 5.75 Å². The Labute approximate surface area is 167 Å². The maximum Gasteiger partial charge on any atom is 0.416 e. The van der Waals surface area contributed by atoms with Gasteiger partial charge in [0, 0.05) is 22.4 Å². The second-order valence-electron chi connectivity index (χ2n) is 6.44. The van der Waals surface area contributed by atoms with Crippen molar-refractivity contribution in [2.75, 3.05) is 6.61 Å². The van der Waals surface area contributed by atoms with Gasteiger partial charge in [-0.2, -0.15) is 13.2 Å². The molecule has 0 aliphatic rings. The number of nitrogens with one attached hydrogen (secondary N) is 1. The van der Waals surface area contributed by atoms with E-state index in [4.69, 9.17) is 21.4 Å². The van der Waals surface area contributed by atoms with Crippen LogP contribution in [0.2, 0.25) is 5.02 Å². The number of alkyl halides is 3. The summed E-state index contributed by atoms with van der Waals surface area (Å²) >= 11 is 5.86. The normalized spacial score (nSPS) is 11.6. The summed E-state index contributed by atoms with van der Waals surface area (Å²) in [7, 11) is 0. The van der Waals surface area contributed by atoms with Crippen LogP contribution in [-0.2, 0) is 17.4 Å². The van der Waals surface area contributed by atoms with E-state index in [0.717, 1.165) is 17.7 Å². The lowest BCUT2D eigenvalue weighted by Gasteiger charge is -2.16. The van der Waals surface area contributed by atoms with Gasteiger partial charge in [-0.1, -0.05) is 23.7 Å². The molecule has 0 aliphatic heterocycles. The van der Waals surface area contributed by atoms with Gasteiger partial charge in [0.25, 0.3) is 5.56 Å². The fourth-order valence-electron chi connectivity index (χ4n) is 3.06. The maximum atomic E-state index is 13.2. The molecule has 152 valence electrons. The molecular weight excluding hydrogens is 411 g/mol. The standard InChI is InChI=1S/C20H15ClF3NO4/c1-10-14(6-11-2-4-13(21)5-3-11)19(28)25-15-7-12(20(22,23)24)8-16(18(10)15)29-9-17(26)27/h2-5,7-8H,6,9H2,1H3,(H,25,28)(H,26,27). The average molecular weight is 426 g/mol. The summed E-state index contributed by atoms with van der Waals surface area (Å²) < 4.78 is 44.8. The minimum atomic E-state index is -4.69. The van der Waals surface area contributed by atoms with Crippen LogP contribution in [0.15, 0.2) is 41.2 Å². The van der Waals surface area contributed by atoms with Gasteiger partial charge in [0.05, 0.1) is 11.1 Å². The van der Waals surface area contributed by atoms with Crippen molar-refractivity contribution in [1.82, 2.24) is 4.98 Å². The van der Waals surface area contributed by atoms with Crippen molar-refractivity contribution in [3.05, 3.63) is 74.0 Å². The molecule has 0 saturated carbocycles. The van der Waals surface area contributed by atoms with Gasteiger partial charge < -0.3 is 14.8 Å². The summed E-state index contributed by atoms with van der Waals surface area (Å²) in [4.78, 5) is 25.9. The number of benzene rings is 2. The van der Waals surface area contributed by atoms with Crippen molar-refractivity contribution in [1.29, 1.82) is 0 Å². The summed E-state index contributed by atoms with van der Waals surface area (Å²) in [5.74, 6) is -1.60. The van der Waals surface area contributed by atoms with Crippen LogP contribution < -0.4 is 10.3 Å². The number of halogens is 4. The first-order valence-electron chi connectivity index (χ1n) is 8.42. The van der Waals surface area contributed by atoms with Gasteiger partial charge in [0.1, 0.15) is 5.75 Å². The quantitative estimate of drug-likeness (QED) is 0.628. The average Bonchev–Trinajstić information content (AvgIpc) is 2.63. The fourth-order valence-corrected chi connectivity index (χ4v) is 3.18. The SMILES string of the molecule is Cc1c(Cc2ccc(Cl)cc2)c(=O)[nH]c2cc(C(F)(F)F)cc(OCC(=O)O)c12. The van der Waals surface area contributed by atoms with Crippen LogP contribution in [0.1, 0.15) is 22.3 Å². The number of carboxylic acid groups (broad SMARTS) is 1. The predicted octanol–water partition coefficient (Wildman–Crippen LogP) is 4.56. The Kier molecular flexibility index (Phi) is 5.57. The zero-order chi connectivity index (χ0) is 21.3. The van der Waals surface area contributed by atoms with Gasteiger partial charge in [0.2, 0.25) is 0 Å². The molecule has 2 aromatic carbocycles. The van der Waals surface area contributed by atoms with Crippen molar-refractivity contribution in [2.24, 2.45) is 0 Å². The van der Waals surface area contributed by atoms with Crippen LogP contribution in [0.5, 0.6) is 5.75 Å². The van der Waals surface area contributed by atoms with Crippen LogP contribution in [-0.4, -0.2) is 22.7 Å². The number of aromatic amines is 1. The van der Waals surface area contributed by atoms with E-state index in [2.05, 4.69) is 4.98 Å². The number of pyridine rings is 1. The summed E-state index contributed by atoms with van der Waals surface area (Å²) in [6.07, 6.45) is -4.48. The highest BCUT2D eigenvalue weighted by molar-refractivity contribution is 6.30. The molecule has 0 unspecified atom stereocenters. The molecule has 0 aliphatic carbocycles. The Hall–Kier alpha value is -3.00. The molecule has 0 amide bonds. The molecule has 1 aromatic heterocycles. The number of ether oxygens (including phenoxy) is 1. The molecule has 2 N–H and O–H groups in total. The van der Waals surface area contributed by atoms with E-state index >= 15 is 0 Å². The zero-order valence-electron chi connectivity index (χ0n) is 15.1. The Balaban J connectivity index is 2.20. The lowest BCUT2D eigenvalue weighted by Crippen LogP contribution is -2.17. The number of hydrogen-bond donors (Lipinski definition) is 2. The number of carbonyl (C=O) groups is 1. The van der Waals surface area contributed by atoms with E-state index in [9.17, 15) is 22.8 Å². The topological polar surface area (TPSA) is 79.4 Å². The van der Waals surface area contributed by atoms with Crippen molar-refractivity contribution < 1.29 is 27.8 Å². The third kappa shape index (κ3) is 4.54. The van der Waals surface area contributed by atoms with E-state index < -0.39 is 29.9 Å². The molecule has 3 aromatic rings. The van der Waals surface area contributed by atoms with Crippen LogP contribution in [0.25, 0.3) is 10.9 Å². The van der Waals surface area contributed by atoms with E-state index in [1.54, 1.807) is 31.2 Å². The van der Waals surface area contributed by atoms with Gasteiger partial charge in [0.15, 0.2) is 6.61 Å². The minimum absolute atomic E-state index is 0.0810. The molecule has 3 rings (SSSR count). The predicted molar refractivity (Wildman–Crippen MR) is 102 cm³/mol. The lowest BCUT2D eigenvalue weighted by atomic mass is 9.97. The summed E-state index contributed by atoms with van der Waals surface area (Å²) in [5.41, 5.74) is -0.142. The highest BCUT2D eigenvalue weighted by Gasteiger charge is 2.32. The Morgan fingerprint density at radius 1 is 1.21 bits per heavy atom. The Morgan fingerprint density at radius 3 is 2.45 bits per heavy atom. The van der Waals surface area contributed by atoms with Crippen LogP contribution in [0.3, 0.4) is 0 Å². The van der Waals surface area contributed by atoms with Gasteiger partial charge >= 0.3 is 12.1 Å². The van der Waals surface area contributed by atoms with E-state index in [0.29, 0.717) is 16.1 Å². The van der Waals surface area contributed by atoms with Crippen LogP contribution in [0, 0.1) is 6.92 Å². The third-order valence-electron chi connectivity index (χ3n) is 4.42. The van der Waals surface area contributed by atoms with Crippen molar-refractivity contribution in [3.63, 3.8) is 0 Å². The van der Waals surface area contributed by atoms with E-state index in [1.807, 2.05) is 0 Å².